The van der Waals surface area contributed by atoms with E-state index in [9.17, 15) is 0 Å². The van der Waals surface area contributed by atoms with Gasteiger partial charge in [0.05, 0.1) is 0 Å². The number of unbranched alkanes of at least 4 members (excludes halogenated alkanes) is 1. The number of rotatable bonds is 9. The molecule has 0 radical (unpaired) electrons. The van der Waals surface area contributed by atoms with E-state index >= 15 is 0 Å². The molecule has 0 fully saturated rings. The van der Waals surface area contributed by atoms with Crippen LogP contribution in [0.5, 0.6) is 0 Å². The van der Waals surface area contributed by atoms with Crippen molar-refractivity contribution in [1.82, 2.24) is 0 Å². The van der Waals surface area contributed by atoms with Crippen LogP contribution in [0, 0.1) is 6.92 Å². The Morgan fingerprint density at radius 3 is 2.36 bits per heavy atom. The molecule has 3 aliphatic carbocycles. The van der Waals surface area contributed by atoms with E-state index < -0.39 is 0 Å². The summed E-state index contributed by atoms with van der Waals surface area (Å²) in [6.07, 6.45) is 15.9. The second kappa shape index (κ2) is 11.2. The molecule has 2 bridgehead atoms. The topological polar surface area (TPSA) is 3.24 Å². The number of fused-ring (bicyclic) bond motifs is 4. The first-order valence-electron chi connectivity index (χ1n) is 14.3. The van der Waals surface area contributed by atoms with Gasteiger partial charge < -0.3 is 4.90 Å². The molecule has 2 heteroatoms. The average Bonchev–Trinajstić information content (AvgIpc) is 2.95. The summed E-state index contributed by atoms with van der Waals surface area (Å²) in [6.45, 7) is 14.2. The maximum atomic E-state index is 6.39. The van der Waals surface area contributed by atoms with Gasteiger partial charge in [0, 0.05) is 22.0 Å². The fourth-order valence-electron chi connectivity index (χ4n) is 6.52. The third-order valence-electron chi connectivity index (χ3n) is 9.04. The lowest BCUT2D eigenvalue weighted by Crippen LogP contribution is -2.46. The van der Waals surface area contributed by atoms with Gasteiger partial charge in [0.25, 0.3) is 0 Å². The zero-order valence-electron chi connectivity index (χ0n) is 23.5. The Balaban J connectivity index is 1.84. The van der Waals surface area contributed by atoms with Crippen molar-refractivity contribution >= 4 is 17.3 Å². The lowest BCUT2D eigenvalue weighted by Gasteiger charge is -2.45. The lowest BCUT2D eigenvalue weighted by molar-refractivity contribution is 0.381. The molecule has 3 aliphatic rings. The summed E-state index contributed by atoms with van der Waals surface area (Å²) >= 11 is 6.39. The van der Waals surface area contributed by atoms with Crippen LogP contribution in [-0.2, 0) is 11.8 Å². The predicted molar refractivity (Wildman–Crippen MR) is 159 cm³/mol. The summed E-state index contributed by atoms with van der Waals surface area (Å²) in [6, 6.07) is 14.6. The van der Waals surface area contributed by atoms with Crippen LogP contribution in [0.25, 0.3) is 11.1 Å². The van der Waals surface area contributed by atoms with Crippen LogP contribution in [0.3, 0.4) is 0 Å². The molecule has 2 atom stereocenters. The third-order valence-corrected chi connectivity index (χ3v) is 9.36. The molecule has 0 N–H and O–H groups in total. The molecule has 2 aromatic rings. The zero-order chi connectivity index (χ0) is 25.9. The number of hydrogen-bond donors (Lipinski definition) is 0. The van der Waals surface area contributed by atoms with E-state index in [1.165, 1.54) is 77.7 Å². The van der Waals surface area contributed by atoms with E-state index in [0.717, 1.165) is 30.7 Å². The average molecular weight is 504 g/mol. The zero-order valence-corrected chi connectivity index (χ0v) is 24.3. The van der Waals surface area contributed by atoms with Crippen LogP contribution in [-0.4, -0.2) is 5.54 Å². The molecule has 194 valence electrons. The van der Waals surface area contributed by atoms with Gasteiger partial charge in [0.15, 0.2) is 0 Å². The highest BCUT2D eigenvalue weighted by Crippen LogP contribution is 2.43. The first-order chi connectivity index (χ1) is 17.2. The normalized spacial score (nSPS) is 21.0. The van der Waals surface area contributed by atoms with Crippen molar-refractivity contribution < 1.29 is 0 Å². The van der Waals surface area contributed by atoms with Crippen LogP contribution in [0.2, 0.25) is 0 Å². The van der Waals surface area contributed by atoms with E-state index in [1.54, 1.807) is 0 Å². The second-order valence-corrected chi connectivity index (χ2v) is 12.2. The maximum absolute atomic E-state index is 6.39. The van der Waals surface area contributed by atoms with Gasteiger partial charge in [-0.15, -0.1) is 0 Å². The number of allylic oxidation sites excluding steroid dienone is 4. The molecular weight excluding hydrogens is 458 g/mol. The fraction of sp³-hybridized carbons (Fsp3) is 0.529. The largest absolute Gasteiger partial charge is 0.339 e. The van der Waals surface area contributed by atoms with Crippen molar-refractivity contribution in [3.05, 3.63) is 76.0 Å². The van der Waals surface area contributed by atoms with E-state index in [0.29, 0.717) is 0 Å². The summed E-state index contributed by atoms with van der Waals surface area (Å²) in [4.78, 5) is 2.68. The van der Waals surface area contributed by atoms with Gasteiger partial charge in [-0.25, -0.2) is 0 Å². The third kappa shape index (κ3) is 5.33. The summed E-state index contributed by atoms with van der Waals surface area (Å²) in [5.41, 5.74) is 10.3. The first-order valence-corrected chi connectivity index (χ1v) is 14.7. The molecule has 5 rings (SSSR count). The minimum atomic E-state index is 0.0835. The Kier molecular flexibility index (Phi) is 8.40. The van der Waals surface area contributed by atoms with Crippen LogP contribution in [0.15, 0.2) is 59.3 Å². The van der Waals surface area contributed by atoms with Gasteiger partial charge >= 0.3 is 0 Å². The van der Waals surface area contributed by atoms with Crippen molar-refractivity contribution in [3.8, 4) is 11.1 Å². The molecule has 36 heavy (non-hydrogen) atoms. The van der Waals surface area contributed by atoms with Crippen LogP contribution in [0.4, 0.5) is 5.69 Å². The summed E-state index contributed by atoms with van der Waals surface area (Å²) in [7, 11) is 0. The van der Waals surface area contributed by atoms with Crippen molar-refractivity contribution in [2.45, 2.75) is 117 Å². The van der Waals surface area contributed by atoms with E-state index in [2.05, 4.69) is 95.0 Å². The van der Waals surface area contributed by atoms with Gasteiger partial charge in [0.1, 0.15) is 0 Å². The Morgan fingerprint density at radius 1 is 0.944 bits per heavy atom. The van der Waals surface area contributed by atoms with Crippen LogP contribution < -0.4 is 4.90 Å². The number of benzene rings is 2. The van der Waals surface area contributed by atoms with Crippen molar-refractivity contribution in [2.24, 2.45) is 0 Å². The molecule has 0 saturated carbocycles. The number of halogens is 1. The Bertz CT molecular complexity index is 1140. The lowest BCUT2D eigenvalue weighted by atomic mass is 9.74. The number of hydrogen-bond acceptors (Lipinski definition) is 1. The van der Waals surface area contributed by atoms with Gasteiger partial charge in [0.2, 0.25) is 0 Å². The maximum Gasteiger partial charge on any atom is 0.0417 e. The summed E-state index contributed by atoms with van der Waals surface area (Å²) in [5, 5.41) is 0.967. The first kappa shape index (κ1) is 27.1. The highest BCUT2D eigenvalue weighted by molar-refractivity contribution is 6.29. The molecule has 2 aromatic carbocycles. The van der Waals surface area contributed by atoms with Crippen molar-refractivity contribution in [1.29, 1.82) is 0 Å². The Morgan fingerprint density at radius 2 is 1.72 bits per heavy atom. The minimum Gasteiger partial charge on any atom is -0.339 e. The van der Waals surface area contributed by atoms with E-state index in [4.69, 9.17) is 11.6 Å². The minimum absolute atomic E-state index is 0.0835. The van der Waals surface area contributed by atoms with Crippen molar-refractivity contribution in [3.63, 3.8) is 0 Å². The van der Waals surface area contributed by atoms with E-state index in [1.807, 2.05) is 0 Å². The highest BCUT2D eigenvalue weighted by Gasteiger charge is 2.34. The number of anilines is 1. The van der Waals surface area contributed by atoms with E-state index in [-0.39, 0.29) is 11.0 Å². The highest BCUT2D eigenvalue weighted by atomic mass is 35.5. The number of aryl methyl sites for hydroxylation is 2. The molecule has 0 aromatic heterocycles. The van der Waals surface area contributed by atoms with Crippen LogP contribution in [0.1, 0.15) is 109 Å². The van der Waals surface area contributed by atoms with Gasteiger partial charge in [-0.1, -0.05) is 82.8 Å². The second-order valence-electron chi connectivity index (χ2n) is 11.7. The fourth-order valence-corrected chi connectivity index (χ4v) is 6.68. The van der Waals surface area contributed by atoms with Crippen molar-refractivity contribution in [2.75, 3.05) is 4.90 Å². The summed E-state index contributed by atoms with van der Waals surface area (Å²) in [5.74, 6) is 0. The standard InChI is InChI=1S/C34H46ClN/c1-7-10-21-34(6,9-3)36(29-14-12-28(35)13-15-29)30-16-18-32-26(24-30)19-22-33(5,20-8-2)27-11-17-31(32)25(4)23-27/h11-12,14,16-18,23-24H,7-10,13,15,19-22H2,1-6H3. The van der Waals surface area contributed by atoms with Gasteiger partial charge in [-0.2, -0.15) is 0 Å². The quantitative estimate of drug-likeness (QED) is 0.328. The molecule has 0 heterocycles. The Labute approximate surface area is 225 Å². The van der Waals surface area contributed by atoms with Gasteiger partial charge in [-0.3, -0.25) is 0 Å². The molecule has 0 aliphatic heterocycles. The molecule has 1 nitrogen and oxygen atoms in total. The monoisotopic (exact) mass is 503 g/mol. The number of nitrogens with zero attached hydrogens (tertiary/aromatic N) is 1. The molecule has 0 spiro atoms. The smallest absolute Gasteiger partial charge is 0.0417 e. The summed E-state index contributed by atoms with van der Waals surface area (Å²) < 4.78 is 0. The SMILES string of the molecule is CCCCC(C)(CC)N(C1=CC=C(Cl)CC1)c1ccc2c(c1)CCC(C)(CCC)c1ccc-2c(C)c1. The molecule has 2 unspecified atom stereocenters. The Hall–Kier alpha value is -1.99. The molecule has 0 amide bonds. The molecule has 0 saturated heterocycles. The van der Waals surface area contributed by atoms with Crippen LogP contribution >= 0.6 is 11.6 Å². The molecular formula is C34H46ClN. The predicted octanol–water partition coefficient (Wildman–Crippen LogP) is 10.6. The van der Waals surface area contributed by atoms with Gasteiger partial charge in [-0.05, 0) is 116 Å².